The van der Waals surface area contributed by atoms with Crippen LogP contribution in [-0.4, -0.2) is 37.1 Å². The van der Waals surface area contributed by atoms with Gasteiger partial charge in [0, 0.05) is 6.20 Å². The number of rotatable bonds is 4. The SMILES string of the molecule is O[C@H]1[C@@H](O)Cn2cc(CCCc3ccccc3)nc2[C@@H]1O. The Morgan fingerprint density at radius 3 is 2.62 bits per heavy atom. The molecule has 0 radical (unpaired) electrons. The fourth-order valence-corrected chi connectivity index (χ4v) is 2.78. The van der Waals surface area contributed by atoms with Crippen LogP contribution in [0.4, 0.5) is 0 Å². The first-order chi connectivity index (χ1) is 10.1. The summed E-state index contributed by atoms with van der Waals surface area (Å²) in [6, 6.07) is 10.3. The maximum atomic E-state index is 9.92. The molecule has 3 rings (SSSR count). The summed E-state index contributed by atoms with van der Waals surface area (Å²) >= 11 is 0. The molecule has 21 heavy (non-hydrogen) atoms. The van der Waals surface area contributed by atoms with Gasteiger partial charge >= 0.3 is 0 Å². The van der Waals surface area contributed by atoms with E-state index < -0.39 is 18.3 Å². The molecule has 0 saturated heterocycles. The van der Waals surface area contributed by atoms with E-state index in [1.54, 1.807) is 4.57 Å². The zero-order chi connectivity index (χ0) is 14.8. The molecule has 0 aliphatic carbocycles. The largest absolute Gasteiger partial charge is 0.388 e. The Hall–Kier alpha value is -1.69. The molecule has 1 aromatic carbocycles. The first-order valence-electron chi connectivity index (χ1n) is 7.29. The van der Waals surface area contributed by atoms with Crippen LogP contribution in [0.5, 0.6) is 0 Å². The van der Waals surface area contributed by atoms with Crippen molar-refractivity contribution < 1.29 is 15.3 Å². The average Bonchev–Trinajstić information content (AvgIpc) is 2.89. The van der Waals surface area contributed by atoms with E-state index in [-0.39, 0.29) is 6.54 Å². The third kappa shape index (κ3) is 3.00. The number of benzene rings is 1. The lowest BCUT2D eigenvalue weighted by atomic mass is 10.0. The van der Waals surface area contributed by atoms with Gasteiger partial charge in [0.05, 0.1) is 12.2 Å². The molecule has 0 unspecified atom stereocenters. The lowest BCUT2D eigenvalue weighted by Crippen LogP contribution is -2.41. The second-order valence-corrected chi connectivity index (χ2v) is 5.58. The summed E-state index contributed by atoms with van der Waals surface area (Å²) in [6.07, 6.45) is 1.41. The minimum atomic E-state index is -1.16. The van der Waals surface area contributed by atoms with Crippen LogP contribution < -0.4 is 0 Å². The van der Waals surface area contributed by atoms with E-state index in [1.807, 2.05) is 24.4 Å². The molecule has 0 spiro atoms. The van der Waals surface area contributed by atoms with Gasteiger partial charge in [0.25, 0.3) is 0 Å². The topological polar surface area (TPSA) is 78.5 Å². The number of nitrogens with zero attached hydrogens (tertiary/aromatic N) is 2. The summed E-state index contributed by atoms with van der Waals surface area (Å²) in [5.74, 6) is 0.447. The monoisotopic (exact) mass is 288 g/mol. The van der Waals surface area contributed by atoms with Crippen molar-refractivity contribution in [2.24, 2.45) is 0 Å². The van der Waals surface area contributed by atoms with Crippen molar-refractivity contribution in [2.75, 3.05) is 0 Å². The number of hydrogen-bond donors (Lipinski definition) is 3. The predicted molar refractivity (Wildman–Crippen MR) is 77.7 cm³/mol. The van der Waals surface area contributed by atoms with Gasteiger partial charge in [-0.3, -0.25) is 0 Å². The molecule has 1 aliphatic rings. The highest BCUT2D eigenvalue weighted by atomic mass is 16.4. The van der Waals surface area contributed by atoms with Gasteiger partial charge in [-0.15, -0.1) is 0 Å². The number of hydrogen-bond acceptors (Lipinski definition) is 4. The number of aryl methyl sites for hydroxylation is 2. The zero-order valence-corrected chi connectivity index (χ0v) is 11.8. The first kappa shape index (κ1) is 14.3. The molecule has 3 N–H and O–H groups in total. The van der Waals surface area contributed by atoms with Crippen LogP contribution in [0.1, 0.15) is 29.6 Å². The summed E-state index contributed by atoms with van der Waals surface area (Å²) in [7, 11) is 0. The third-order valence-corrected chi connectivity index (χ3v) is 3.96. The lowest BCUT2D eigenvalue weighted by Gasteiger charge is -2.28. The van der Waals surface area contributed by atoms with Crippen molar-refractivity contribution in [1.29, 1.82) is 0 Å². The second kappa shape index (κ2) is 5.97. The minimum Gasteiger partial charge on any atom is -0.388 e. The van der Waals surface area contributed by atoms with E-state index in [4.69, 9.17) is 0 Å². The number of fused-ring (bicyclic) bond motifs is 1. The van der Waals surface area contributed by atoms with Gasteiger partial charge in [-0.05, 0) is 24.8 Å². The summed E-state index contributed by atoms with van der Waals surface area (Å²) in [5, 5.41) is 29.3. The Labute approximate surface area is 123 Å². The van der Waals surface area contributed by atoms with Crippen molar-refractivity contribution in [3.8, 4) is 0 Å². The summed E-state index contributed by atoms with van der Waals surface area (Å²) in [6.45, 7) is 0.277. The van der Waals surface area contributed by atoms with Crippen molar-refractivity contribution in [2.45, 2.75) is 44.1 Å². The fourth-order valence-electron chi connectivity index (χ4n) is 2.78. The van der Waals surface area contributed by atoms with Gasteiger partial charge < -0.3 is 19.9 Å². The predicted octanol–water partition coefficient (Wildman–Crippen LogP) is 0.827. The molecule has 112 valence electrons. The number of aliphatic hydroxyl groups is 3. The maximum absolute atomic E-state index is 9.92. The second-order valence-electron chi connectivity index (χ2n) is 5.58. The molecule has 5 heteroatoms. The molecule has 5 nitrogen and oxygen atoms in total. The molecular weight excluding hydrogens is 268 g/mol. The normalized spacial score (nSPS) is 24.8. The van der Waals surface area contributed by atoms with E-state index in [0.717, 1.165) is 25.0 Å². The van der Waals surface area contributed by atoms with E-state index in [9.17, 15) is 15.3 Å². The zero-order valence-electron chi connectivity index (χ0n) is 11.8. The van der Waals surface area contributed by atoms with Crippen LogP contribution in [0.15, 0.2) is 36.5 Å². The average molecular weight is 288 g/mol. The van der Waals surface area contributed by atoms with E-state index >= 15 is 0 Å². The fraction of sp³-hybridized carbons (Fsp3) is 0.438. The van der Waals surface area contributed by atoms with Crippen LogP contribution in [0.3, 0.4) is 0 Å². The Morgan fingerprint density at radius 2 is 1.86 bits per heavy atom. The summed E-state index contributed by atoms with van der Waals surface area (Å²) in [4.78, 5) is 4.39. The molecular formula is C16H20N2O3. The molecule has 2 aromatic rings. The highest BCUT2D eigenvalue weighted by Gasteiger charge is 2.34. The summed E-state index contributed by atoms with van der Waals surface area (Å²) in [5.41, 5.74) is 2.19. The molecule has 1 aromatic heterocycles. The van der Waals surface area contributed by atoms with Crippen LogP contribution >= 0.6 is 0 Å². The van der Waals surface area contributed by atoms with Crippen molar-refractivity contribution in [3.63, 3.8) is 0 Å². The van der Waals surface area contributed by atoms with Crippen molar-refractivity contribution >= 4 is 0 Å². The number of aliphatic hydroxyl groups excluding tert-OH is 3. The highest BCUT2D eigenvalue weighted by Crippen LogP contribution is 2.25. The van der Waals surface area contributed by atoms with E-state index in [1.165, 1.54) is 5.56 Å². The van der Waals surface area contributed by atoms with Crippen LogP contribution in [0.25, 0.3) is 0 Å². The van der Waals surface area contributed by atoms with Gasteiger partial charge in [-0.2, -0.15) is 0 Å². The van der Waals surface area contributed by atoms with E-state index in [0.29, 0.717) is 5.82 Å². The molecule has 0 fully saturated rings. The summed E-state index contributed by atoms with van der Waals surface area (Å²) < 4.78 is 1.74. The molecule has 1 aliphatic heterocycles. The van der Waals surface area contributed by atoms with Gasteiger partial charge in [-0.1, -0.05) is 30.3 Å². The van der Waals surface area contributed by atoms with Crippen LogP contribution in [0, 0.1) is 0 Å². The molecule has 2 heterocycles. The first-order valence-corrected chi connectivity index (χ1v) is 7.29. The minimum absolute atomic E-state index is 0.277. The highest BCUT2D eigenvalue weighted by molar-refractivity contribution is 5.15. The molecule has 0 amide bonds. The quantitative estimate of drug-likeness (QED) is 0.778. The van der Waals surface area contributed by atoms with Gasteiger partial charge in [0.2, 0.25) is 0 Å². The molecule has 3 atom stereocenters. The lowest BCUT2D eigenvalue weighted by molar-refractivity contribution is -0.0854. The number of aromatic nitrogens is 2. The van der Waals surface area contributed by atoms with E-state index in [2.05, 4.69) is 17.1 Å². The Morgan fingerprint density at radius 1 is 1.10 bits per heavy atom. The Bertz CT molecular complexity index is 597. The van der Waals surface area contributed by atoms with Gasteiger partial charge in [-0.25, -0.2) is 4.98 Å². The standard InChI is InChI=1S/C16H20N2O3/c19-13-10-18-9-12(17-16(18)15(21)14(13)20)8-4-7-11-5-2-1-3-6-11/h1-3,5-6,9,13-15,19-21H,4,7-8,10H2/t13-,14-,15+/m0/s1. The smallest absolute Gasteiger partial charge is 0.140 e. The van der Waals surface area contributed by atoms with Crippen LogP contribution in [-0.2, 0) is 19.4 Å². The van der Waals surface area contributed by atoms with Crippen molar-refractivity contribution in [1.82, 2.24) is 9.55 Å². The van der Waals surface area contributed by atoms with Gasteiger partial charge in [0.1, 0.15) is 24.1 Å². The molecule has 0 bridgehead atoms. The Balaban J connectivity index is 1.63. The van der Waals surface area contributed by atoms with Gasteiger partial charge in [0.15, 0.2) is 0 Å². The number of imidazole rings is 1. The Kier molecular flexibility index (Phi) is 4.05. The van der Waals surface area contributed by atoms with Crippen molar-refractivity contribution in [3.05, 3.63) is 53.6 Å². The van der Waals surface area contributed by atoms with Crippen LogP contribution in [0.2, 0.25) is 0 Å². The third-order valence-electron chi connectivity index (χ3n) is 3.96. The maximum Gasteiger partial charge on any atom is 0.140 e. The molecule has 0 saturated carbocycles.